The topological polar surface area (TPSA) is 186 Å². The summed E-state index contributed by atoms with van der Waals surface area (Å²) in [4.78, 5) is 79.6. The Balaban J connectivity index is 0.000000411. The molecule has 3 rings (SSSR count). The van der Waals surface area contributed by atoms with Crippen molar-refractivity contribution in [2.24, 2.45) is 0 Å². The molecule has 2 saturated heterocycles. The number of rotatable bonds is 9. The molecule has 2 aliphatic heterocycles. The van der Waals surface area contributed by atoms with Crippen molar-refractivity contribution in [3.63, 3.8) is 0 Å². The van der Waals surface area contributed by atoms with Gasteiger partial charge in [-0.2, -0.15) is 0 Å². The molecule has 1 aromatic carbocycles. The van der Waals surface area contributed by atoms with Gasteiger partial charge in [-0.1, -0.05) is 6.92 Å². The molecule has 14 nitrogen and oxygen atoms in total. The number of carbonyl (C=O) groups excluding carboxylic acids is 6. The Morgan fingerprint density at radius 2 is 1.67 bits per heavy atom. The largest absolute Gasteiger partial charge is 0.481 e. The molecular weight excluding hydrogens is 512 g/mol. The Morgan fingerprint density at radius 1 is 1.03 bits per heavy atom. The molecule has 2 aliphatic rings. The van der Waals surface area contributed by atoms with Gasteiger partial charge < -0.3 is 20.5 Å². The fraction of sp³-hybridized carbons (Fsp3) is 0.480. The van der Waals surface area contributed by atoms with Gasteiger partial charge in [0.15, 0.2) is 0 Å². The van der Waals surface area contributed by atoms with Gasteiger partial charge in [0, 0.05) is 44.1 Å². The first kappa shape index (κ1) is 30.7. The lowest BCUT2D eigenvalue weighted by Gasteiger charge is -2.38. The third-order valence-corrected chi connectivity index (χ3v) is 5.66. The van der Waals surface area contributed by atoms with E-state index >= 15 is 0 Å². The molecular formula is C25H34N6O8. The minimum absolute atomic E-state index is 0.0781. The molecule has 1 aromatic rings. The van der Waals surface area contributed by atoms with Crippen molar-refractivity contribution in [1.29, 1.82) is 0 Å². The predicted octanol–water partition coefficient (Wildman–Crippen LogP) is 0.900. The molecule has 0 aliphatic carbocycles. The van der Waals surface area contributed by atoms with Gasteiger partial charge in [-0.3, -0.25) is 29.4 Å². The minimum Gasteiger partial charge on any atom is -0.481 e. The number of anilines is 1. The van der Waals surface area contributed by atoms with Crippen molar-refractivity contribution in [3.05, 3.63) is 29.8 Å². The van der Waals surface area contributed by atoms with E-state index in [2.05, 4.69) is 16.1 Å². The number of aldehydes is 1. The number of urea groups is 1. The van der Waals surface area contributed by atoms with Crippen LogP contribution >= 0.6 is 0 Å². The number of aliphatic carboxylic acids is 1. The summed E-state index contributed by atoms with van der Waals surface area (Å²) < 4.78 is 0. The predicted molar refractivity (Wildman–Crippen MR) is 138 cm³/mol. The third-order valence-electron chi connectivity index (χ3n) is 5.66. The van der Waals surface area contributed by atoms with E-state index in [9.17, 15) is 33.6 Å². The second-order valence-corrected chi connectivity index (χ2v) is 8.89. The van der Waals surface area contributed by atoms with Crippen molar-refractivity contribution in [3.8, 4) is 0 Å². The molecule has 0 spiro atoms. The van der Waals surface area contributed by atoms with Gasteiger partial charge in [0.05, 0.1) is 19.0 Å². The summed E-state index contributed by atoms with van der Waals surface area (Å²) in [6.07, 6.45) is 3.06. The summed E-state index contributed by atoms with van der Waals surface area (Å²) in [5, 5.41) is 17.2. The van der Waals surface area contributed by atoms with E-state index in [1.807, 2.05) is 6.92 Å². The average Bonchev–Trinajstić information content (AvgIpc) is 3.01. The molecule has 0 saturated carbocycles. The standard InChI is InChI=1S/C19H25N5O4.C6H9NO4/c1-2-5-16(25)20-15-8-6-14(7-9-15)18(27)21-22-13-10-17(26)23-11-3-4-12-24(23)19(22)28;1-4(9)7-5(3-8)2-6(10)11/h6-9H,2-5,10-13H2,1H3,(H,20,25)(H,21,27);3,5H,2H2,1H3,(H,7,9)(H,10,11). The number of fused-ring (bicyclic) bond motifs is 1. The van der Waals surface area contributed by atoms with E-state index in [1.165, 1.54) is 22.0 Å². The van der Waals surface area contributed by atoms with Gasteiger partial charge in [-0.25, -0.2) is 19.8 Å². The van der Waals surface area contributed by atoms with Crippen molar-refractivity contribution in [2.75, 3.05) is 25.0 Å². The summed E-state index contributed by atoms with van der Waals surface area (Å²) >= 11 is 0. The molecule has 2 heterocycles. The Morgan fingerprint density at radius 3 is 2.23 bits per heavy atom. The normalized spacial score (nSPS) is 15.6. The molecule has 14 heteroatoms. The highest BCUT2D eigenvalue weighted by atomic mass is 16.4. The third kappa shape index (κ3) is 9.72. The van der Waals surface area contributed by atoms with Crippen LogP contribution < -0.4 is 16.1 Å². The molecule has 0 bridgehead atoms. The number of carboxylic acid groups (broad SMARTS) is 1. The zero-order valence-corrected chi connectivity index (χ0v) is 22.0. The number of hydrazine groups is 2. The smallest absolute Gasteiger partial charge is 0.357 e. The lowest BCUT2D eigenvalue weighted by atomic mass is 10.2. The maximum atomic E-state index is 12.7. The second-order valence-electron chi connectivity index (χ2n) is 8.89. The highest BCUT2D eigenvalue weighted by Gasteiger charge is 2.35. The Bertz CT molecular complexity index is 1060. The number of nitrogens with one attached hydrogen (secondary N) is 3. The minimum atomic E-state index is -1.11. The maximum Gasteiger partial charge on any atom is 0.357 e. The number of carbonyl (C=O) groups is 7. The molecule has 39 heavy (non-hydrogen) atoms. The molecule has 4 N–H and O–H groups in total. The van der Waals surface area contributed by atoms with Crippen LogP contribution in [0.1, 0.15) is 62.7 Å². The fourth-order valence-electron chi connectivity index (χ4n) is 3.82. The number of amides is 6. The average molecular weight is 547 g/mol. The summed E-state index contributed by atoms with van der Waals surface area (Å²) in [7, 11) is 0. The zero-order chi connectivity index (χ0) is 28.9. The molecule has 6 amide bonds. The summed E-state index contributed by atoms with van der Waals surface area (Å²) in [6, 6.07) is 5.13. The van der Waals surface area contributed by atoms with Crippen molar-refractivity contribution in [1.82, 2.24) is 25.8 Å². The molecule has 0 radical (unpaired) electrons. The van der Waals surface area contributed by atoms with Crippen LogP contribution in [0.4, 0.5) is 10.5 Å². The maximum absolute atomic E-state index is 12.7. The van der Waals surface area contributed by atoms with Gasteiger partial charge in [0.2, 0.25) is 17.7 Å². The van der Waals surface area contributed by atoms with E-state index in [-0.39, 0.29) is 31.2 Å². The molecule has 212 valence electrons. The monoisotopic (exact) mass is 546 g/mol. The highest BCUT2D eigenvalue weighted by Crippen LogP contribution is 2.18. The number of carboxylic acids is 1. The second kappa shape index (κ2) is 15.1. The van der Waals surface area contributed by atoms with Crippen LogP contribution in [0, 0.1) is 0 Å². The quantitative estimate of drug-likeness (QED) is 0.329. The van der Waals surface area contributed by atoms with E-state index in [0.29, 0.717) is 37.0 Å². The van der Waals surface area contributed by atoms with E-state index in [0.717, 1.165) is 19.3 Å². The van der Waals surface area contributed by atoms with Gasteiger partial charge in [-0.15, -0.1) is 0 Å². The van der Waals surface area contributed by atoms with E-state index in [1.54, 1.807) is 24.3 Å². The Labute approximate surface area is 225 Å². The van der Waals surface area contributed by atoms with Crippen molar-refractivity contribution >= 4 is 47.6 Å². The van der Waals surface area contributed by atoms with Crippen LogP contribution in [0.3, 0.4) is 0 Å². The van der Waals surface area contributed by atoms with Gasteiger partial charge >= 0.3 is 12.0 Å². The molecule has 1 atom stereocenters. The zero-order valence-electron chi connectivity index (χ0n) is 22.0. The first-order chi connectivity index (χ1) is 18.5. The first-order valence-electron chi connectivity index (χ1n) is 12.6. The number of benzene rings is 1. The molecule has 1 unspecified atom stereocenters. The summed E-state index contributed by atoms with van der Waals surface area (Å²) in [5.41, 5.74) is 3.56. The van der Waals surface area contributed by atoms with Crippen LogP contribution in [0.15, 0.2) is 24.3 Å². The van der Waals surface area contributed by atoms with Crippen LogP contribution in [-0.4, -0.2) is 87.7 Å². The molecule has 0 aromatic heterocycles. The van der Waals surface area contributed by atoms with Crippen molar-refractivity contribution < 1.29 is 38.7 Å². The SMILES string of the molecule is CC(=O)NC(C=O)CC(=O)O.CCCC(=O)Nc1ccc(C(=O)NN2CCC(=O)N3CCCCN3C2=O)cc1. The summed E-state index contributed by atoms with van der Waals surface area (Å²) in [5.74, 6) is -2.17. The number of hydrogen-bond donors (Lipinski definition) is 4. The molecule has 2 fully saturated rings. The van der Waals surface area contributed by atoms with Gasteiger partial charge in [0.25, 0.3) is 5.91 Å². The highest BCUT2D eigenvalue weighted by molar-refractivity contribution is 5.97. The fourth-order valence-corrected chi connectivity index (χ4v) is 3.82. The van der Waals surface area contributed by atoms with Gasteiger partial charge in [-0.05, 0) is 43.5 Å². The van der Waals surface area contributed by atoms with Crippen LogP contribution in [-0.2, 0) is 24.0 Å². The lowest BCUT2D eigenvalue weighted by Crippen LogP contribution is -2.57. The first-order valence-corrected chi connectivity index (χ1v) is 12.6. The van der Waals surface area contributed by atoms with Crippen LogP contribution in [0.25, 0.3) is 0 Å². The van der Waals surface area contributed by atoms with Crippen LogP contribution in [0.5, 0.6) is 0 Å². The Kier molecular flexibility index (Phi) is 11.9. The number of nitrogens with zero attached hydrogens (tertiary/aromatic N) is 3. The number of hydrogen-bond acceptors (Lipinski definition) is 7. The van der Waals surface area contributed by atoms with Gasteiger partial charge in [0.1, 0.15) is 6.29 Å². The lowest BCUT2D eigenvalue weighted by molar-refractivity contribution is -0.145. The van der Waals surface area contributed by atoms with Crippen molar-refractivity contribution in [2.45, 2.75) is 58.4 Å². The van der Waals surface area contributed by atoms with Crippen LogP contribution in [0.2, 0.25) is 0 Å². The van der Waals surface area contributed by atoms with E-state index in [4.69, 9.17) is 5.11 Å². The Hall–Kier alpha value is -4.49. The van der Waals surface area contributed by atoms with E-state index < -0.39 is 29.9 Å². The summed E-state index contributed by atoms with van der Waals surface area (Å²) in [6.45, 7) is 4.26.